The van der Waals surface area contributed by atoms with Crippen LogP contribution in [-0.4, -0.2) is 38.7 Å². The highest BCUT2D eigenvalue weighted by Gasteiger charge is 2.41. The van der Waals surface area contributed by atoms with Crippen molar-refractivity contribution in [1.29, 1.82) is 0 Å². The van der Waals surface area contributed by atoms with Crippen molar-refractivity contribution in [1.82, 2.24) is 14.9 Å². The van der Waals surface area contributed by atoms with Crippen molar-refractivity contribution < 1.29 is 19.2 Å². The van der Waals surface area contributed by atoms with Crippen LogP contribution in [0.4, 0.5) is 0 Å². The number of aliphatic hydroxyl groups is 1. The van der Waals surface area contributed by atoms with E-state index < -0.39 is 11.6 Å². The summed E-state index contributed by atoms with van der Waals surface area (Å²) in [5.41, 5.74) is 1.93. The van der Waals surface area contributed by atoms with Gasteiger partial charge in [0.05, 0.1) is 35.5 Å². The van der Waals surface area contributed by atoms with Gasteiger partial charge in [-0.15, -0.1) is 0 Å². The minimum atomic E-state index is -0.663. The molecule has 0 atom stereocenters. The van der Waals surface area contributed by atoms with E-state index in [4.69, 9.17) is 20.9 Å². The monoisotopic (exact) mass is 401 g/mol. The third kappa shape index (κ3) is 3.00. The Morgan fingerprint density at radius 2 is 2.07 bits per heavy atom. The number of hydrogen-bond acceptors (Lipinski definition) is 6. The smallest absolute Gasteiger partial charge is 0.344 e. The van der Waals surface area contributed by atoms with Crippen LogP contribution in [0.5, 0.6) is 0 Å². The number of benzene rings is 1. The number of methoxy groups -OCH3 is 1. The number of hydrogen-bond donors (Lipinski definition) is 1. The molecule has 2 heterocycles. The SMILES string of the molecule is COC(=O)c1c(-c2ccccc2Cl)noc1-c1cnn(C2CC(C)(O)C2)c1C. The fourth-order valence-corrected chi connectivity index (χ4v) is 3.97. The number of carbonyl (C=O) groups excluding carboxylic acids is 1. The Hall–Kier alpha value is -2.64. The predicted molar refractivity (Wildman–Crippen MR) is 103 cm³/mol. The summed E-state index contributed by atoms with van der Waals surface area (Å²) in [4.78, 5) is 12.6. The molecule has 0 radical (unpaired) electrons. The molecular weight excluding hydrogens is 382 g/mol. The summed E-state index contributed by atoms with van der Waals surface area (Å²) < 4.78 is 12.4. The highest BCUT2D eigenvalue weighted by molar-refractivity contribution is 6.33. The van der Waals surface area contributed by atoms with E-state index in [-0.39, 0.29) is 17.4 Å². The molecule has 2 aromatic heterocycles. The average molecular weight is 402 g/mol. The first kappa shape index (κ1) is 18.7. The van der Waals surface area contributed by atoms with Gasteiger partial charge in [0.15, 0.2) is 5.76 Å². The lowest BCUT2D eigenvalue weighted by molar-refractivity contribution is -0.0548. The first-order chi connectivity index (χ1) is 13.3. The molecule has 0 saturated heterocycles. The molecule has 8 heteroatoms. The van der Waals surface area contributed by atoms with Crippen molar-refractivity contribution in [2.24, 2.45) is 0 Å². The Labute approximate surface area is 166 Å². The largest absolute Gasteiger partial charge is 0.465 e. The molecule has 28 heavy (non-hydrogen) atoms. The highest BCUT2D eigenvalue weighted by atomic mass is 35.5. The number of aromatic nitrogens is 3. The lowest BCUT2D eigenvalue weighted by Crippen LogP contribution is -2.42. The van der Waals surface area contributed by atoms with Gasteiger partial charge in [-0.05, 0) is 32.8 Å². The predicted octanol–water partition coefficient (Wildman–Crippen LogP) is 4.04. The lowest BCUT2D eigenvalue weighted by Gasteiger charge is -2.41. The van der Waals surface area contributed by atoms with E-state index in [0.717, 1.165) is 5.69 Å². The van der Waals surface area contributed by atoms with E-state index in [9.17, 15) is 9.90 Å². The Kier molecular flexibility index (Phi) is 4.51. The van der Waals surface area contributed by atoms with Crippen LogP contribution < -0.4 is 0 Å². The fraction of sp³-hybridized carbons (Fsp3) is 0.350. The number of ether oxygens (including phenoxy) is 1. The van der Waals surface area contributed by atoms with Crippen LogP contribution in [0, 0.1) is 6.92 Å². The molecule has 0 spiro atoms. The van der Waals surface area contributed by atoms with E-state index >= 15 is 0 Å². The summed E-state index contributed by atoms with van der Waals surface area (Å²) >= 11 is 6.29. The Morgan fingerprint density at radius 3 is 2.71 bits per heavy atom. The average Bonchev–Trinajstić information content (AvgIpc) is 3.22. The van der Waals surface area contributed by atoms with Gasteiger partial charge in [0, 0.05) is 11.3 Å². The van der Waals surface area contributed by atoms with Crippen molar-refractivity contribution in [3.8, 4) is 22.6 Å². The van der Waals surface area contributed by atoms with Gasteiger partial charge in [-0.3, -0.25) is 4.68 Å². The molecular formula is C20H20ClN3O4. The van der Waals surface area contributed by atoms with Crippen LogP contribution >= 0.6 is 11.6 Å². The maximum absolute atomic E-state index is 12.6. The van der Waals surface area contributed by atoms with Crippen molar-refractivity contribution in [3.05, 3.63) is 46.7 Å². The topological polar surface area (TPSA) is 90.4 Å². The van der Waals surface area contributed by atoms with Gasteiger partial charge in [-0.25, -0.2) is 4.79 Å². The summed E-state index contributed by atoms with van der Waals surface area (Å²) in [6.45, 7) is 3.71. The lowest BCUT2D eigenvalue weighted by atomic mass is 9.77. The summed E-state index contributed by atoms with van der Waals surface area (Å²) in [5, 5.41) is 19.0. The summed E-state index contributed by atoms with van der Waals surface area (Å²) in [6.07, 6.45) is 2.89. The molecule has 0 unspecified atom stereocenters. The van der Waals surface area contributed by atoms with Crippen molar-refractivity contribution in [3.63, 3.8) is 0 Å². The maximum atomic E-state index is 12.6. The third-order valence-corrected chi connectivity index (χ3v) is 5.53. The van der Waals surface area contributed by atoms with E-state index in [1.165, 1.54) is 7.11 Å². The normalized spacial score (nSPS) is 21.4. The van der Waals surface area contributed by atoms with Crippen LogP contribution in [0.15, 0.2) is 35.0 Å². The fourth-order valence-electron chi connectivity index (χ4n) is 3.75. The van der Waals surface area contributed by atoms with E-state index in [1.54, 1.807) is 24.4 Å². The highest BCUT2D eigenvalue weighted by Crippen LogP contribution is 2.43. The second-order valence-electron chi connectivity index (χ2n) is 7.35. The molecule has 0 bridgehead atoms. The molecule has 1 aliphatic rings. The zero-order valence-electron chi connectivity index (χ0n) is 15.8. The van der Waals surface area contributed by atoms with E-state index in [2.05, 4.69) is 10.3 Å². The van der Waals surface area contributed by atoms with Gasteiger partial charge >= 0.3 is 5.97 Å². The number of esters is 1. The van der Waals surface area contributed by atoms with Gasteiger partial charge in [0.2, 0.25) is 0 Å². The van der Waals surface area contributed by atoms with E-state index in [1.807, 2.05) is 24.6 Å². The number of rotatable bonds is 4. The molecule has 4 rings (SSSR count). The van der Waals surface area contributed by atoms with Crippen LogP contribution in [0.1, 0.15) is 41.9 Å². The molecule has 7 nitrogen and oxygen atoms in total. The Bertz CT molecular complexity index is 1050. The Balaban J connectivity index is 1.80. The van der Waals surface area contributed by atoms with Gasteiger partial charge in [0.25, 0.3) is 0 Å². The van der Waals surface area contributed by atoms with Gasteiger partial charge in [-0.1, -0.05) is 35.0 Å². The van der Waals surface area contributed by atoms with E-state index in [0.29, 0.717) is 34.7 Å². The van der Waals surface area contributed by atoms with Crippen LogP contribution in [-0.2, 0) is 4.74 Å². The molecule has 1 aromatic carbocycles. The molecule has 1 N–H and O–H groups in total. The third-order valence-electron chi connectivity index (χ3n) is 5.20. The van der Waals surface area contributed by atoms with Crippen molar-refractivity contribution >= 4 is 17.6 Å². The number of carbonyl (C=O) groups is 1. The van der Waals surface area contributed by atoms with Crippen LogP contribution in [0.3, 0.4) is 0 Å². The molecule has 0 amide bonds. The van der Waals surface area contributed by atoms with Gasteiger partial charge in [0.1, 0.15) is 11.3 Å². The first-order valence-corrected chi connectivity index (χ1v) is 9.30. The second-order valence-corrected chi connectivity index (χ2v) is 7.76. The Morgan fingerprint density at radius 1 is 1.36 bits per heavy atom. The minimum absolute atomic E-state index is 0.108. The quantitative estimate of drug-likeness (QED) is 0.663. The van der Waals surface area contributed by atoms with Gasteiger partial charge < -0.3 is 14.4 Å². The molecule has 3 aromatic rings. The number of nitrogens with zero attached hydrogens (tertiary/aromatic N) is 3. The molecule has 0 aliphatic heterocycles. The van der Waals surface area contributed by atoms with Crippen molar-refractivity contribution in [2.45, 2.75) is 38.3 Å². The first-order valence-electron chi connectivity index (χ1n) is 8.92. The van der Waals surface area contributed by atoms with Crippen LogP contribution in [0.25, 0.3) is 22.6 Å². The molecule has 1 fully saturated rings. The molecule has 1 aliphatic carbocycles. The van der Waals surface area contributed by atoms with Crippen molar-refractivity contribution in [2.75, 3.05) is 7.11 Å². The standard InChI is InChI=1S/C20H20ClN3O4/c1-11-14(10-22-24(11)12-8-20(2,26)9-12)18-16(19(25)27-3)17(23-28-18)13-6-4-5-7-15(13)21/h4-7,10,12,26H,8-9H2,1-3H3. The van der Waals surface area contributed by atoms with Gasteiger partial charge in [-0.2, -0.15) is 5.10 Å². The zero-order valence-corrected chi connectivity index (χ0v) is 16.5. The number of halogens is 1. The molecule has 146 valence electrons. The summed E-state index contributed by atoms with van der Waals surface area (Å²) in [5.74, 6) is -0.276. The summed E-state index contributed by atoms with van der Waals surface area (Å²) in [7, 11) is 1.31. The van der Waals surface area contributed by atoms with Crippen LogP contribution in [0.2, 0.25) is 5.02 Å². The second kappa shape index (κ2) is 6.76. The zero-order chi connectivity index (χ0) is 20.1. The summed E-state index contributed by atoms with van der Waals surface area (Å²) in [6, 6.07) is 7.20. The molecule has 1 saturated carbocycles. The minimum Gasteiger partial charge on any atom is -0.465 e. The maximum Gasteiger partial charge on any atom is 0.344 e.